The predicted molar refractivity (Wildman–Crippen MR) is 149 cm³/mol. The molecule has 6 heteroatoms. The molecule has 4 atom stereocenters. The summed E-state index contributed by atoms with van der Waals surface area (Å²) in [7, 11) is 0. The fourth-order valence-corrected chi connectivity index (χ4v) is 8.25. The molecule has 3 unspecified atom stereocenters. The van der Waals surface area contributed by atoms with Crippen molar-refractivity contribution in [1.29, 1.82) is 0 Å². The van der Waals surface area contributed by atoms with Gasteiger partial charge in [0, 0.05) is 41.8 Å². The highest BCUT2D eigenvalue weighted by Crippen LogP contribution is 2.37. The number of amides is 2. The van der Waals surface area contributed by atoms with Gasteiger partial charge in [-0.3, -0.25) is 19.7 Å². The van der Waals surface area contributed by atoms with Crippen molar-refractivity contribution in [3.8, 4) is 0 Å². The number of carbonyl (C=O) groups is 3. The molecule has 1 N–H and O–H groups in total. The molecule has 2 amide bonds. The number of carbonyl (C=O) groups excluding carboxylic acids is 3. The second-order valence-electron chi connectivity index (χ2n) is 11.9. The van der Waals surface area contributed by atoms with Crippen molar-refractivity contribution in [2.45, 2.75) is 94.8 Å². The van der Waals surface area contributed by atoms with Crippen LogP contribution < -0.4 is 5.32 Å². The summed E-state index contributed by atoms with van der Waals surface area (Å²) in [5.74, 6) is 2.06. The number of ketones is 1. The number of nitrogens with one attached hydrogen (secondary N) is 1. The Balaban J connectivity index is 1.00. The number of likely N-dealkylation sites (tertiary alicyclic amines) is 1. The van der Waals surface area contributed by atoms with Gasteiger partial charge in [-0.25, -0.2) is 0 Å². The number of fused-ring (bicyclic) bond motifs is 2. The van der Waals surface area contributed by atoms with E-state index in [1.807, 2.05) is 17.8 Å². The second-order valence-corrected chi connectivity index (χ2v) is 13.1. The molecule has 2 heterocycles. The van der Waals surface area contributed by atoms with Gasteiger partial charge in [-0.2, -0.15) is 0 Å². The Hall–Kier alpha value is -1.66. The smallest absolute Gasteiger partial charge is 0.230 e. The zero-order chi connectivity index (χ0) is 25.6. The van der Waals surface area contributed by atoms with Crippen LogP contribution in [0.3, 0.4) is 0 Å². The molecule has 3 fully saturated rings. The summed E-state index contributed by atoms with van der Waals surface area (Å²) in [5, 5.41) is 2.43. The SMILES string of the molecule is O=C1CCC(C2CCCc3cc(SCCCCCCCN4CC5CCCC[C@@H]5C4)ccc3C2=O)C(=O)N1. The van der Waals surface area contributed by atoms with Crippen LogP contribution in [0, 0.1) is 23.7 Å². The van der Waals surface area contributed by atoms with E-state index in [2.05, 4.69) is 22.3 Å². The molecule has 5 nitrogen and oxygen atoms in total. The molecule has 0 aromatic heterocycles. The van der Waals surface area contributed by atoms with E-state index in [1.54, 1.807) is 0 Å². The van der Waals surface area contributed by atoms with Crippen molar-refractivity contribution in [2.24, 2.45) is 23.7 Å². The Morgan fingerprint density at radius 2 is 1.57 bits per heavy atom. The van der Waals surface area contributed by atoms with Gasteiger partial charge in [0.1, 0.15) is 0 Å². The van der Waals surface area contributed by atoms with Crippen LogP contribution in [0.15, 0.2) is 23.1 Å². The summed E-state index contributed by atoms with van der Waals surface area (Å²) >= 11 is 1.91. The molecule has 2 aliphatic heterocycles. The van der Waals surface area contributed by atoms with E-state index in [0.717, 1.165) is 48.0 Å². The molecule has 1 saturated carbocycles. The van der Waals surface area contributed by atoms with Gasteiger partial charge in [0.15, 0.2) is 5.78 Å². The van der Waals surface area contributed by atoms with E-state index in [9.17, 15) is 14.4 Å². The Bertz CT molecular complexity index is 965. The lowest BCUT2D eigenvalue weighted by Crippen LogP contribution is -2.45. The first-order valence-corrected chi connectivity index (χ1v) is 15.9. The average Bonchev–Trinajstić information content (AvgIpc) is 3.24. The third-order valence-electron chi connectivity index (χ3n) is 9.35. The lowest BCUT2D eigenvalue weighted by molar-refractivity contribution is -0.137. The van der Waals surface area contributed by atoms with Crippen molar-refractivity contribution in [1.82, 2.24) is 10.2 Å². The Morgan fingerprint density at radius 3 is 2.35 bits per heavy atom. The predicted octanol–water partition coefficient (Wildman–Crippen LogP) is 6.04. The normalized spacial score (nSPS) is 28.5. The van der Waals surface area contributed by atoms with Crippen LogP contribution in [0.25, 0.3) is 0 Å². The number of rotatable bonds is 10. The number of piperidine rings is 1. The fourth-order valence-electron chi connectivity index (χ4n) is 7.27. The summed E-state index contributed by atoms with van der Waals surface area (Å²) in [4.78, 5) is 41.2. The van der Waals surface area contributed by atoms with Crippen molar-refractivity contribution >= 4 is 29.4 Å². The molecule has 4 aliphatic rings. The Kier molecular flexibility index (Phi) is 9.41. The van der Waals surface area contributed by atoms with Crippen LogP contribution in [0.2, 0.25) is 0 Å². The van der Waals surface area contributed by atoms with E-state index in [4.69, 9.17) is 0 Å². The first kappa shape index (κ1) is 26.9. The average molecular weight is 525 g/mol. The number of imide groups is 1. The first-order chi connectivity index (χ1) is 18.1. The zero-order valence-electron chi connectivity index (χ0n) is 22.3. The minimum Gasteiger partial charge on any atom is -0.303 e. The quantitative estimate of drug-likeness (QED) is 0.175. The van der Waals surface area contributed by atoms with Crippen LogP contribution in [0.4, 0.5) is 0 Å². The van der Waals surface area contributed by atoms with Gasteiger partial charge in [0.05, 0.1) is 0 Å². The molecule has 1 aromatic rings. The number of nitrogens with zero attached hydrogens (tertiary/aromatic N) is 1. The monoisotopic (exact) mass is 524 g/mol. The Morgan fingerprint density at radius 1 is 0.811 bits per heavy atom. The summed E-state index contributed by atoms with van der Waals surface area (Å²) in [6, 6.07) is 6.28. The number of aryl methyl sites for hydroxylation is 1. The summed E-state index contributed by atoms with van der Waals surface area (Å²) in [6.45, 7) is 4.04. The van der Waals surface area contributed by atoms with E-state index in [1.165, 1.54) is 82.3 Å². The van der Waals surface area contributed by atoms with Crippen LogP contribution in [-0.4, -0.2) is 47.9 Å². The maximum atomic E-state index is 13.3. The fraction of sp³-hybridized carbons (Fsp3) is 0.710. The second kappa shape index (κ2) is 12.9. The third-order valence-corrected chi connectivity index (χ3v) is 10.4. The highest BCUT2D eigenvalue weighted by Gasteiger charge is 2.39. The minimum absolute atomic E-state index is 0.0891. The summed E-state index contributed by atoms with van der Waals surface area (Å²) < 4.78 is 0. The highest BCUT2D eigenvalue weighted by atomic mass is 32.2. The third kappa shape index (κ3) is 6.86. The minimum atomic E-state index is -0.371. The van der Waals surface area contributed by atoms with E-state index in [-0.39, 0.29) is 29.4 Å². The first-order valence-electron chi connectivity index (χ1n) is 14.9. The maximum absolute atomic E-state index is 13.3. The highest BCUT2D eigenvalue weighted by molar-refractivity contribution is 7.99. The number of Topliss-reactive ketones (excluding diaryl/α,β-unsaturated/α-hetero) is 1. The van der Waals surface area contributed by atoms with Gasteiger partial charge in [-0.15, -0.1) is 11.8 Å². The van der Waals surface area contributed by atoms with E-state index >= 15 is 0 Å². The van der Waals surface area contributed by atoms with Gasteiger partial charge < -0.3 is 4.90 Å². The van der Waals surface area contributed by atoms with Crippen molar-refractivity contribution in [2.75, 3.05) is 25.4 Å². The topological polar surface area (TPSA) is 66.5 Å². The molecule has 0 spiro atoms. The van der Waals surface area contributed by atoms with Gasteiger partial charge in [0.25, 0.3) is 0 Å². The molecule has 1 aromatic carbocycles. The van der Waals surface area contributed by atoms with Gasteiger partial charge in [-0.1, -0.05) is 38.2 Å². The zero-order valence-corrected chi connectivity index (χ0v) is 23.2. The summed E-state index contributed by atoms with van der Waals surface area (Å²) in [6.07, 6.45) is 15.8. The molecule has 202 valence electrons. The number of hydrogen-bond acceptors (Lipinski definition) is 5. The van der Waals surface area contributed by atoms with Gasteiger partial charge in [0.2, 0.25) is 11.8 Å². The lowest BCUT2D eigenvalue weighted by Gasteiger charge is -2.27. The van der Waals surface area contributed by atoms with Gasteiger partial charge in [-0.05, 0) is 93.2 Å². The number of thioether (sulfide) groups is 1. The van der Waals surface area contributed by atoms with Crippen LogP contribution in [0.5, 0.6) is 0 Å². The molecule has 0 bridgehead atoms. The largest absolute Gasteiger partial charge is 0.303 e. The van der Waals surface area contributed by atoms with Gasteiger partial charge >= 0.3 is 0 Å². The van der Waals surface area contributed by atoms with Crippen molar-refractivity contribution < 1.29 is 14.4 Å². The molecular formula is C31H44N2O3S. The van der Waals surface area contributed by atoms with Crippen LogP contribution in [-0.2, 0) is 16.0 Å². The standard InChI is InChI=1S/C31H44N2O3S/c34-29-16-15-28(31(36)32-29)27-12-8-11-22-19-25(13-14-26(22)30(27)35)37-18-7-3-1-2-6-17-33-20-23-9-4-5-10-24(23)21-33/h13-14,19,23-24,27-28H,1-12,15-18,20-21H2,(H,32,34,36)/t23-,24?,27?,28?/m1/s1. The molecule has 0 radical (unpaired) electrons. The molecule has 2 aliphatic carbocycles. The van der Waals surface area contributed by atoms with Crippen molar-refractivity contribution in [3.63, 3.8) is 0 Å². The number of unbranched alkanes of at least 4 members (excludes halogenated alkanes) is 4. The van der Waals surface area contributed by atoms with Crippen molar-refractivity contribution in [3.05, 3.63) is 29.3 Å². The van der Waals surface area contributed by atoms with Crippen LogP contribution in [0.1, 0.15) is 99.4 Å². The summed E-state index contributed by atoms with van der Waals surface area (Å²) in [5.41, 5.74) is 1.92. The molecule has 2 saturated heterocycles. The van der Waals surface area contributed by atoms with Crippen LogP contribution >= 0.6 is 11.8 Å². The number of benzene rings is 1. The van der Waals surface area contributed by atoms with E-state index in [0.29, 0.717) is 12.8 Å². The maximum Gasteiger partial charge on any atom is 0.230 e. The number of hydrogen-bond donors (Lipinski definition) is 1. The molecule has 37 heavy (non-hydrogen) atoms. The lowest BCUT2D eigenvalue weighted by atomic mass is 9.79. The molecular weight excluding hydrogens is 480 g/mol. The molecule has 5 rings (SSSR count). The Labute approximate surface area is 226 Å². The van der Waals surface area contributed by atoms with E-state index < -0.39 is 0 Å².